The molecule has 32 heavy (non-hydrogen) atoms. The molecule has 0 spiro atoms. The summed E-state index contributed by atoms with van der Waals surface area (Å²) in [4.78, 5) is 31.1. The van der Waals surface area contributed by atoms with E-state index >= 15 is 0 Å². The van der Waals surface area contributed by atoms with Gasteiger partial charge < -0.3 is 20.4 Å². The van der Waals surface area contributed by atoms with Crippen LogP contribution >= 0.6 is 0 Å². The molecule has 2 aliphatic heterocycles. The fraction of sp³-hybridized carbons (Fsp3) is 0.923. The monoisotopic (exact) mass is 444 g/mol. The van der Waals surface area contributed by atoms with Crippen molar-refractivity contribution in [3.05, 3.63) is 0 Å². The summed E-state index contributed by atoms with van der Waals surface area (Å²) in [5.41, 5.74) is -0.134. The Hall–Kier alpha value is -1.14. The maximum atomic E-state index is 13.0. The summed E-state index contributed by atoms with van der Waals surface area (Å²) in [6, 6.07) is 0.596. The van der Waals surface area contributed by atoms with E-state index in [0.29, 0.717) is 24.9 Å². The lowest BCUT2D eigenvalue weighted by molar-refractivity contribution is -0.128. The van der Waals surface area contributed by atoms with Crippen LogP contribution in [-0.4, -0.2) is 73.0 Å². The number of carbonyl (C=O) groups excluding carboxylic acids is 2. The molecule has 5 rings (SSSR count). The molecule has 0 aromatic carbocycles. The normalized spacial score (nSPS) is 31.0. The standard InChI is InChI=1S/C26H44N4O2/c31-24(27-22-8-12-29(18-22)16-20-4-5-20)14-26(10-2-1-3-11-26)15-25(32)28-23-9-13-30(19-23)17-21-6-7-21/h20-23H,1-19H2,(H,27,31)(H,28,32). The van der Waals surface area contributed by atoms with Gasteiger partial charge in [-0.3, -0.25) is 9.59 Å². The molecule has 0 aromatic rings. The average molecular weight is 445 g/mol. The van der Waals surface area contributed by atoms with E-state index in [1.54, 1.807) is 0 Å². The van der Waals surface area contributed by atoms with Crippen molar-refractivity contribution in [1.29, 1.82) is 0 Å². The van der Waals surface area contributed by atoms with Gasteiger partial charge in [-0.25, -0.2) is 0 Å². The number of likely N-dealkylation sites (tertiary alicyclic amines) is 2. The molecular formula is C26H44N4O2. The van der Waals surface area contributed by atoms with E-state index in [-0.39, 0.29) is 17.2 Å². The minimum absolute atomic E-state index is 0.134. The van der Waals surface area contributed by atoms with Gasteiger partial charge in [0.1, 0.15) is 0 Å². The minimum Gasteiger partial charge on any atom is -0.352 e. The minimum atomic E-state index is -0.134. The third-order valence-corrected chi connectivity index (χ3v) is 8.69. The summed E-state index contributed by atoms with van der Waals surface area (Å²) in [5.74, 6) is 2.17. The van der Waals surface area contributed by atoms with Gasteiger partial charge in [0.2, 0.25) is 11.8 Å². The topological polar surface area (TPSA) is 64.7 Å². The van der Waals surface area contributed by atoms with E-state index in [4.69, 9.17) is 0 Å². The lowest BCUT2D eigenvalue weighted by Gasteiger charge is -2.37. The highest BCUT2D eigenvalue weighted by Gasteiger charge is 2.38. The first-order valence-corrected chi connectivity index (χ1v) is 13.6. The van der Waals surface area contributed by atoms with Crippen LogP contribution in [0.1, 0.15) is 83.5 Å². The zero-order valence-electron chi connectivity index (χ0n) is 20.0. The van der Waals surface area contributed by atoms with Crippen molar-refractivity contribution in [1.82, 2.24) is 20.4 Å². The molecule has 2 N–H and O–H groups in total. The van der Waals surface area contributed by atoms with Crippen molar-refractivity contribution in [2.24, 2.45) is 17.3 Å². The van der Waals surface area contributed by atoms with Gasteiger partial charge in [0.05, 0.1) is 0 Å². The second-order valence-electron chi connectivity index (χ2n) is 11.9. The van der Waals surface area contributed by atoms with E-state index in [1.807, 2.05) is 0 Å². The van der Waals surface area contributed by atoms with Gasteiger partial charge in [-0.1, -0.05) is 19.3 Å². The molecule has 2 heterocycles. The molecule has 2 atom stereocenters. The van der Waals surface area contributed by atoms with Crippen LogP contribution in [0.4, 0.5) is 0 Å². The third-order valence-electron chi connectivity index (χ3n) is 8.69. The first-order chi connectivity index (χ1) is 15.6. The summed E-state index contributed by atoms with van der Waals surface area (Å²) < 4.78 is 0. The van der Waals surface area contributed by atoms with Gasteiger partial charge in [0.15, 0.2) is 0 Å². The van der Waals surface area contributed by atoms with Crippen LogP contribution < -0.4 is 10.6 Å². The first-order valence-electron chi connectivity index (χ1n) is 13.6. The quantitative estimate of drug-likeness (QED) is 0.544. The summed E-state index contributed by atoms with van der Waals surface area (Å²) in [7, 11) is 0. The Morgan fingerprint density at radius 3 is 1.59 bits per heavy atom. The van der Waals surface area contributed by atoms with Crippen LogP contribution in [0.3, 0.4) is 0 Å². The Morgan fingerprint density at radius 1 is 0.688 bits per heavy atom. The number of amides is 2. The molecule has 6 heteroatoms. The average Bonchev–Trinajstić information content (AvgIpc) is 3.65. The summed E-state index contributed by atoms with van der Waals surface area (Å²) in [6.45, 7) is 6.69. The molecule has 5 fully saturated rings. The molecule has 2 amide bonds. The Balaban J connectivity index is 1.08. The Kier molecular flexibility index (Phi) is 7.08. The molecule has 3 aliphatic carbocycles. The molecule has 2 saturated heterocycles. The second-order valence-corrected chi connectivity index (χ2v) is 11.9. The highest BCUT2D eigenvalue weighted by molar-refractivity contribution is 5.80. The van der Waals surface area contributed by atoms with E-state index in [9.17, 15) is 9.59 Å². The van der Waals surface area contributed by atoms with Gasteiger partial charge in [-0.15, -0.1) is 0 Å². The van der Waals surface area contributed by atoms with Crippen molar-refractivity contribution in [3.8, 4) is 0 Å². The SMILES string of the molecule is O=C(CC1(CC(=O)NC2CCN(CC3CC3)C2)CCCCC1)NC1CCN(CC2CC2)C1. The number of rotatable bonds is 10. The largest absolute Gasteiger partial charge is 0.352 e. The van der Waals surface area contributed by atoms with Crippen LogP contribution in [0, 0.1) is 17.3 Å². The third kappa shape index (κ3) is 6.47. The van der Waals surface area contributed by atoms with Crippen molar-refractivity contribution >= 4 is 11.8 Å². The summed E-state index contributed by atoms with van der Waals surface area (Å²) in [6.07, 6.45) is 14.3. The maximum absolute atomic E-state index is 13.0. The van der Waals surface area contributed by atoms with Crippen molar-refractivity contribution in [2.45, 2.75) is 95.6 Å². The lowest BCUT2D eigenvalue weighted by Crippen LogP contribution is -2.44. The Bertz CT molecular complexity index is 619. The number of nitrogens with zero attached hydrogens (tertiary/aromatic N) is 2. The molecule has 6 nitrogen and oxygen atoms in total. The van der Waals surface area contributed by atoms with E-state index in [0.717, 1.165) is 76.5 Å². The van der Waals surface area contributed by atoms with Crippen molar-refractivity contribution in [2.75, 3.05) is 39.3 Å². The van der Waals surface area contributed by atoms with Crippen molar-refractivity contribution < 1.29 is 9.59 Å². The van der Waals surface area contributed by atoms with Gasteiger partial charge >= 0.3 is 0 Å². The molecule has 3 saturated carbocycles. The Morgan fingerprint density at radius 2 is 1.16 bits per heavy atom. The molecule has 180 valence electrons. The van der Waals surface area contributed by atoms with Gasteiger partial charge in [-0.05, 0) is 68.6 Å². The fourth-order valence-corrected chi connectivity index (χ4v) is 6.52. The number of nitrogens with one attached hydrogen (secondary N) is 2. The molecular weight excluding hydrogens is 400 g/mol. The van der Waals surface area contributed by atoms with Crippen LogP contribution in [-0.2, 0) is 9.59 Å². The second kappa shape index (κ2) is 10.0. The van der Waals surface area contributed by atoms with Crippen LogP contribution in [0.2, 0.25) is 0 Å². The van der Waals surface area contributed by atoms with Crippen LogP contribution in [0.15, 0.2) is 0 Å². The van der Waals surface area contributed by atoms with Crippen molar-refractivity contribution in [3.63, 3.8) is 0 Å². The summed E-state index contributed by atoms with van der Waals surface area (Å²) in [5, 5.41) is 6.66. The zero-order chi connectivity index (χ0) is 22.0. The summed E-state index contributed by atoms with van der Waals surface area (Å²) >= 11 is 0. The predicted octanol–water partition coefficient (Wildman–Crippen LogP) is 2.92. The van der Waals surface area contributed by atoms with Crippen LogP contribution in [0.25, 0.3) is 0 Å². The van der Waals surface area contributed by atoms with Gasteiger partial charge in [-0.2, -0.15) is 0 Å². The molecule has 0 radical (unpaired) electrons. The molecule has 5 aliphatic rings. The van der Waals surface area contributed by atoms with E-state index in [1.165, 1.54) is 45.2 Å². The maximum Gasteiger partial charge on any atom is 0.220 e. The number of hydrogen-bond acceptors (Lipinski definition) is 4. The van der Waals surface area contributed by atoms with E-state index in [2.05, 4.69) is 20.4 Å². The predicted molar refractivity (Wildman–Crippen MR) is 126 cm³/mol. The smallest absolute Gasteiger partial charge is 0.220 e. The molecule has 2 unspecified atom stereocenters. The molecule has 0 aromatic heterocycles. The highest BCUT2D eigenvalue weighted by Crippen LogP contribution is 2.42. The highest BCUT2D eigenvalue weighted by atomic mass is 16.2. The van der Waals surface area contributed by atoms with Gasteiger partial charge in [0.25, 0.3) is 0 Å². The first kappa shape index (κ1) is 22.6. The molecule has 0 bridgehead atoms. The van der Waals surface area contributed by atoms with Gasteiger partial charge in [0, 0.05) is 64.2 Å². The number of carbonyl (C=O) groups is 2. The van der Waals surface area contributed by atoms with E-state index < -0.39 is 0 Å². The van der Waals surface area contributed by atoms with Crippen LogP contribution in [0.5, 0.6) is 0 Å². The lowest BCUT2D eigenvalue weighted by atomic mass is 9.69. The zero-order valence-corrected chi connectivity index (χ0v) is 20.0. The fourth-order valence-electron chi connectivity index (χ4n) is 6.52. The number of hydrogen-bond donors (Lipinski definition) is 2. The Labute approximate surface area is 194 Å².